The molecule has 0 aliphatic carbocycles. The van der Waals surface area contributed by atoms with Gasteiger partial charge < -0.3 is 35.6 Å². The molecule has 5 rings (SSSR count). The Kier molecular flexibility index (Phi) is 12.8. The maximum absolute atomic E-state index is 13.5. The molecule has 3 aromatic carbocycles. The Morgan fingerprint density at radius 3 is 2.38 bits per heavy atom. The maximum atomic E-state index is 13.5. The number of amides is 3. The molecule has 2 aromatic heterocycles. The summed E-state index contributed by atoms with van der Waals surface area (Å²) in [4.78, 5) is 44.5. The lowest BCUT2D eigenvalue weighted by atomic mass is 10.0. The van der Waals surface area contributed by atoms with Crippen molar-refractivity contribution < 1.29 is 42.4 Å². The Morgan fingerprint density at radius 1 is 0.960 bits per heavy atom. The van der Waals surface area contributed by atoms with Crippen LogP contribution in [0.5, 0.6) is 5.75 Å². The number of halogens is 3. The number of rotatable bonds is 13. The Balaban J connectivity index is 0.000000727. The van der Waals surface area contributed by atoms with Crippen molar-refractivity contribution in [3.05, 3.63) is 83.9 Å². The monoisotopic (exact) mass is 694 g/mol. The standard InChI is InChI=1S/C34H40N6O3.C2HF3O2/c1-4-16-35-34(42)36-17-8-7-11-30(33-37-21-31(40-33)25-13-12-23-9-5-6-10-24(23)18-25)39-32(41)20-27-22(2)38-29-15-14-26(43-3)19-28(27)29;3-2(4,5)1(6)7/h5-6,9-10,12-15,18-19,21,30,38H,4,7-8,11,16-17,20H2,1-3H3,(H,37,40)(H,39,41)(H2,35,36,42);(H,6,7)/t30-;/m0./s1. The molecule has 0 aliphatic rings. The predicted octanol–water partition coefficient (Wildman–Crippen LogP) is 5.03. The van der Waals surface area contributed by atoms with Crippen LogP contribution < -0.4 is 30.8 Å². The topological polar surface area (TPSA) is 165 Å². The second-order valence-corrected chi connectivity index (χ2v) is 11.7. The Bertz CT molecular complexity index is 1920. The van der Waals surface area contributed by atoms with Crippen molar-refractivity contribution in [3.8, 4) is 17.0 Å². The molecule has 0 radical (unpaired) electrons. The summed E-state index contributed by atoms with van der Waals surface area (Å²) in [7, 11) is 1.64. The Labute approximate surface area is 287 Å². The van der Waals surface area contributed by atoms with Gasteiger partial charge in [-0.05, 0) is 79.3 Å². The number of benzene rings is 3. The third-order valence-corrected chi connectivity index (χ3v) is 8.02. The lowest BCUT2D eigenvalue weighted by Gasteiger charge is -2.15. The van der Waals surface area contributed by atoms with Gasteiger partial charge in [-0.3, -0.25) is 4.79 Å². The highest BCUT2D eigenvalue weighted by atomic mass is 19.4. The number of hydrogen-bond acceptors (Lipinski definition) is 5. The maximum Gasteiger partial charge on any atom is 0.430 e. The molecule has 0 fully saturated rings. The number of carboxylic acids is 1. The van der Waals surface area contributed by atoms with E-state index in [9.17, 15) is 22.8 Å². The van der Waals surface area contributed by atoms with Gasteiger partial charge in [-0.1, -0.05) is 37.3 Å². The second kappa shape index (κ2) is 17.2. The average molecular weight is 695 g/mol. The van der Waals surface area contributed by atoms with Crippen LogP contribution in [0, 0.1) is 6.92 Å². The minimum Gasteiger partial charge on any atom is -0.542 e. The van der Waals surface area contributed by atoms with Crippen molar-refractivity contribution in [1.29, 1.82) is 0 Å². The molecular weight excluding hydrogens is 653 g/mol. The van der Waals surface area contributed by atoms with Gasteiger partial charge in [0.25, 0.3) is 5.82 Å². The van der Waals surface area contributed by atoms with Crippen molar-refractivity contribution >= 4 is 39.6 Å². The van der Waals surface area contributed by atoms with Crippen molar-refractivity contribution in [2.24, 2.45) is 0 Å². The molecule has 1 atom stereocenters. The molecule has 0 bridgehead atoms. The summed E-state index contributed by atoms with van der Waals surface area (Å²) in [6.45, 7) is 5.24. The molecule has 266 valence electrons. The van der Waals surface area contributed by atoms with Crippen molar-refractivity contribution in [2.75, 3.05) is 20.2 Å². The second-order valence-electron chi connectivity index (χ2n) is 11.7. The summed E-state index contributed by atoms with van der Waals surface area (Å²) in [5, 5.41) is 21.1. The summed E-state index contributed by atoms with van der Waals surface area (Å²) < 4.78 is 37.0. The molecule has 11 nitrogen and oxygen atoms in total. The minimum absolute atomic E-state index is 0.0656. The van der Waals surface area contributed by atoms with Crippen LogP contribution in [-0.4, -0.2) is 54.3 Å². The lowest BCUT2D eigenvalue weighted by Crippen LogP contribution is -2.37. The van der Waals surface area contributed by atoms with E-state index in [1.54, 1.807) is 7.11 Å². The minimum atomic E-state index is -5.19. The SMILES string of the molecule is CCCNC(=O)NCCCC[C@H](NC(=O)Cc1c(C)[nH]c2ccc(OC)cc12)c1[nH]c(-c2ccc3ccccc3c2)c[nH+]1.O=C([O-])C(F)(F)F. The zero-order valence-corrected chi connectivity index (χ0v) is 28.1. The predicted molar refractivity (Wildman–Crippen MR) is 181 cm³/mol. The van der Waals surface area contributed by atoms with Crippen LogP contribution in [0.25, 0.3) is 32.9 Å². The van der Waals surface area contributed by atoms with E-state index in [2.05, 4.69) is 61.2 Å². The number of carbonyl (C=O) groups is 3. The number of aromatic amines is 3. The van der Waals surface area contributed by atoms with Gasteiger partial charge in [-0.25, -0.2) is 14.8 Å². The number of urea groups is 1. The van der Waals surface area contributed by atoms with Crippen LogP contribution in [-0.2, 0) is 16.0 Å². The summed E-state index contributed by atoms with van der Waals surface area (Å²) in [6.07, 6.45) is 0.223. The molecule has 6 N–H and O–H groups in total. The quantitative estimate of drug-likeness (QED) is 0.109. The highest BCUT2D eigenvalue weighted by molar-refractivity contribution is 5.91. The molecule has 3 amide bonds. The van der Waals surface area contributed by atoms with Crippen LogP contribution >= 0.6 is 0 Å². The first kappa shape index (κ1) is 37.3. The number of aromatic nitrogens is 3. The van der Waals surface area contributed by atoms with E-state index in [0.717, 1.165) is 64.3 Å². The highest BCUT2D eigenvalue weighted by Gasteiger charge is 2.29. The van der Waals surface area contributed by atoms with Crippen LogP contribution in [0.3, 0.4) is 0 Å². The molecule has 0 saturated carbocycles. The van der Waals surface area contributed by atoms with E-state index in [0.29, 0.717) is 19.5 Å². The average Bonchev–Trinajstić information content (AvgIpc) is 3.70. The van der Waals surface area contributed by atoms with Gasteiger partial charge in [-0.15, -0.1) is 0 Å². The number of carboxylic acid groups (broad SMARTS) is 1. The molecule has 0 saturated heterocycles. The van der Waals surface area contributed by atoms with Gasteiger partial charge in [0.15, 0.2) is 5.69 Å². The Morgan fingerprint density at radius 2 is 1.68 bits per heavy atom. The van der Waals surface area contributed by atoms with E-state index >= 15 is 0 Å². The number of fused-ring (bicyclic) bond motifs is 2. The number of imidazole rings is 1. The van der Waals surface area contributed by atoms with E-state index in [1.165, 1.54) is 10.8 Å². The number of ether oxygens (including phenoxy) is 1. The third kappa shape index (κ3) is 10.2. The molecule has 50 heavy (non-hydrogen) atoms. The molecule has 5 aromatic rings. The first-order valence-corrected chi connectivity index (χ1v) is 16.2. The fourth-order valence-electron chi connectivity index (χ4n) is 5.45. The number of nitrogens with one attached hydrogen (secondary N) is 6. The number of methoxy groups -OCH3 is 1. The number of aryl methyl sites for hydroxylation is 1. The van der Waals surface area contributed by atoms with Crippen LogP contribution in [0.4, 0.5) is 18.0 Å². The smallest absolute Gasteiger partial charge is 0.430 e. The van der Waals surface area contributed by atoms with Crippen LogP contribution in [0.1, 0.15) is 55.7 Å². The Hall–Kier alpha value is -5.53. The van der Waals surface area contributed by atoms with Gasteiger partial charge in [-0.2, -0.15) is 13.2 Å². The number of H-pyrrole nitrogens is 3. The zero-order valence-electron chi connectivity index (χ0n) is 28.1. The molecule has 14 heteroatoms. The summed E-state index contributed by atoms with van der Waals surface area (Å²) in [5.74, 6) is -1.48. The van der Waals surface area contributed by atoms with Gasteiger partial charge >= 0.3 is 12.2 Å². The van der Waals surface area contributed by atoms with Gasteiger partial charge in [0.05, 0.1) is 13.5 Å². The fourth-order valence-corrected chi connectivity index (χ4v) is 5.45. The van der Waals surface area contributed by atoms with E-state index < -0.39 is 12.1 Å². The molecule has 2 heterocycles. The van der Waals surface area contributed by atoms with Crippen molar-refractivity contribution in [3.63, 3.8) is 0 Å². The van der Waals surface area contributed by atoms with Gasteiger partial charge in [0.1, 0.15) is 24.0 Å². The lowest BCUT2D eigenvalue weighted by molar-refractivity contribution is -0.391. The largest absolute Gasteiger partial charge is 0.542 e. The van der Waals surface area contributed by atoms with E-state index in [4.69, 9.17) is 14.6 Å². The molecular formula is C36H41F3N6O5. The molecule has 0 unspecified atom stereocenters. The first-order valence-electron chi connectivity index (χ1n) is 16.2. The number of alkyl halides is 3. The summed E-state index contributed by atoms with van der Waals surface area (Å²) in [6, 6.07) is 20.1. The molecule has 0 aliphatic heterocycles. The highest BCUT2D eigenvalue weighted by Crippen LogP contribution is 2.28. The van der Waals surface area contributed by atoms with Crippen LogP contribution in [0.2, 0.25) is 0 Å². The number of aliphatic carboxylic acids is 1. The number of unbranched alkanes of at least 4 members (excludes halogenated alkanes) is 1. The van der Waals surface area contributed by atoms with Gasteiger partial charge in [0, 0.05) is 35.2 Å². The number of hydrogen-bond donors (Lipinski definition) is 5. The summed E-state index contributed by atoms with van der Waals surface area (Å²) in [5.41, 5.74) is 4.92. The van der Waals surface area contributed by atoms with Crippen molar-refractivity contribution in [1.82, 2.24) is 25.9 Å². The van der Waals surface area contributed by atoms with Gasteiger partial charge in [0.2, 0.25) is 5.91 Å². The van der Waals surface area contributed by atoms with Crippen molar-refractivity contribution in [2.45, 2.75) is 58.2 Å². The van der Waals surface area contributed by atoms with E-state index in [1.807, 2.05) is 50.4 Å². The van der Waals surface area contributed by atoms with E-state index in [-0.39, 0.29) is 24.4 Å². The third-order valence-electron chi connectivity index (χ3n) is 8.02. The zero-order chi connectivity index (χ0) is 36.3. The number of carbonyl (C=O) groups excluding carboxylic acids is 3. The molecule has 0 spiro atoms. The normalized spacial score (nSPS) is 11.8. The fraction of sp³-hybridized carbons (Fsp3) is 0.333. The summed E-state index contributed by atoms with van der Waals surface area (Å²) >= 11 is 0. The van der Waals surface area contributed by atoms with Crippen LogP contribution in [0.15, 0.2) is 66.9 Å². The first-order chi connectivity index (χ1) is 23.9.